The van der Waals surface area contributed by atoms with Gasteiger partial charge in [-0.05, 0) is 60.4 Å². The number of carbonyl (C=O) groups excluding carboxylic acids is 6. The highest BCUT2D eigenvalue weighted by molar-refractivity contribution is 5.96. The first-order valence-electron chi connectivity index (χ1n) is 12.3. The number of hydrogen-bond donors (Lipinski definition) is 8. The quantitative estimate of drug-likeness (QED) is 0.0939. The van der Waals surface area contributed by atoms with Crippen LogP contribution in [0.3, 0.4) is 0 Å². The Labute approximate surface area is 221 Å². The maximum absolute atomic E-state index is 12.5. The molecule has 0 aromatic heterocycles. The van der Waals surface area contributed by atoms with E-state index >= 15 is 0 Å². The van der Waals surface area contributed by atoms with Gasteiger partial charge in [0.25, 0.3) is 0 Å². The summed E-state index contributed by atoms with van der Waals surface area (Å²) in [5.74, 6) is -4.99. The van der Waals surface area contributed by atoms with Crippen molar-refractivity contribution in [2.45, 2.75) is 97.1 Å². The molecular weight excluding hydrogens is 502 g/mol. The van der Waals surface area contributed by atoms with Crippen molar-refractivity contribution in [3.05, 3.63) is 0 Å². The topological polar surface area (TPSA) is 238 Å². The monoisotopic (exact) mass is 543 g/mol. The Morgan fingerprint density at radius 2 is 0.921 bits per heavy atom. The van der Waals surface area contributed by atoms with Crippen LogP contribution in [0.2, 0.25) is 0 Å². The fourth-order valence-corrected chi connectivity index (χ4v) is 3.00. The number of hydrogen-bond acceptors (Lipinski definition) is 8. The van der Waals surface area contributed by atoms with Crippen molar-refractivity contribution in [3.63, 3.8) is 0 Å². The lowest BCUT2D eigenvalue weighted by molar-refractivity contribution is -0.141. The molecular formula is C23H41N7O8. The summed E-state index contributed by atoms with van der Waals surface area (Å²) in [7, 11) is 0. The number of nitrogens with two attached hydrogens (primary N) is 1. The molecule has 6 amide bonds. The molecule has 0 rings (SSSR count). The van der Waals surface area contributed by atoms with Crippen LogP contribution in [0.25, 0.3) is 0 Å². The molecule has 0 unspecified atom stereocenters. The fourth-order valence-electron chi connectivity index (χ4n) is 3.00. The van der Waals surface area contributed by atoms with Gasteiger partial charge in [0.05, 0.1) is 0 Å². The molecule has 0 aliphatic heterocycles. The summed E-state index contributed by atoms with van der Waals surface area (Å²) in [6.07, 6.45) is 1.61. The second-order valence-electron chi connectivity index (χ2n) is 9.03. The van der Waals surface area contributed by atoms with Crippen molar-refractivity contribution in [1.82, 2.24) is 31.9 Å². The largest absolute Gasteiger partial charge is 0.480 e. The Bertz CT molecular complexity index is 882. The summed E-state index contributed by atoms with van der Waals surface area (Å²) in [5.41, 5.74) is 5.46. The van der Waals surface area contributed by atoms with Crippen LogP contribution in [0.5, 0.6) is 0 Å². The van der Waals surface area contributed by atoms with Gasteiger partial charge in [-0.25, -0.2) is 0 Å². The van der Waals surface area contributed by atoms with Crippen LogP contribution in [0.4, 0.5) is 0 Å². The Balaban J connectivity index is 4.82. The molecule has 0 aliphatic rings. The Kier molecular flexibility index (Phi) is 15.2. The van der Waals surface area contributed by atoms with Gasteiger partial charge in [0, 0.05) is 6.92 Å². The number of aliphatic carboxylic acids is 1. The summed E-state index contributed by atoms with van der Waals surface area (Å²) in [5, 5.41) is 23.3. The van der Waals surface area contributed by atoms with E-state index in [1.807, 2.05) is 0 Å². The molecule has 0 spiro atoms. The highest BCUT2D eigenvalue weighted by Crippen LogP contribution is 2.02. The van der Waals surface area contributed by atoms with Crippen LogP contribution >= 0.6 is 0 Å². The van der Waals surface area contributed by atoms with Crippen molar-refractivity contribution in [2.75, 3.05) is 6.54 Å². The third kappa shape index (κ3) is 13.0. The molecule has 0 heterocycles. The van der Waals surface area contributed by atoms with Crippen LogP contribution in [-0.4, -0.2) is 89.3 Å². The highest BCUT2D eigenvalue weighted by Gasteiger charge is 2.27. The molecule has 0 saturated carbocycles. The summed E-state index contributed by atoms with van der Waals surface area (Å²) in [6.45, 7) is 8.49. The summed E-state index contributed by atoms with van der Waals surface area (Å²) >= 11 is 0. The first-order chi connectivity index (χ1) is 17.6. The molecule has 0 radical (unpaired) electrons. The van der Waals surface area contributed by atoms with Crippen LogP contribution in [0.15, 0.2) is 0 Å². The second kappa shape index (κ2) is 16.9. The van der Waals surface area contributed by atoms with E-state index in [4.69, 9.17) is 10.8 Å². The summed E-state index contributed by atoms with van der Waals surface area (Å²) in [4.78, 5) is 84.1. The zero-order valence-electron chi connectivity index (χ0n) is 22.7. The van der Waals surface area contributed by atoms with Gasteiger partial charge in [-0.15, -0.1) is 0 Å². The van der Waals surface area contributed by atoms with Crippen LogP contribution in [0.1, 0.15) is 60.8 Å². The molecule has 0 saturated heterocycles. The van der Waals surface area contributed by atoms with Crippen molar-refractivity contribution in [3.8, 4) is 0 Å². The maximum Gasteiger partial charge on any atom is 0.325 e. The van der Waals surface area contributed by atoms with E-state index < -0.39 is 77.7 Å². The van der Waals surface area contributed by atoms with Crippen molar-refractivity contribution < 1.29 is 38.7 Å². The van der Waals surface area contributed by atoms with Crippen LogP contribution in [-0.2, 0) is 33.6 Å². The van der Waals surface area contributed by atoms with Gasteiger partial charge >= 0.3 is 5.97 Å². The first-order valence-corrected chi connectivity index (χ1v) is 12.3. The van der Waals surface area contributed by atoms with Crippen LogP contribution < -0.4 is 37.6 Å². The lowest BCUT2D eigenvalue weighted by Gasteiger charge is -2.23. The Hall–Kier alpha value is -3.75. The normalized spacial score (nSPS) is 15.3. The summed E-state index contributed by atoms with van der Waals surface area (Å²) < 4.78 is 0. The van der Waals surface area contributed by atoms with E-state index in [0.717, 1.165) is 0 Å². The Morgan fingerprint density at radius 1 is 0.579 bits per heavy atom. The average molecular weight is 544 g/mol. The van der Waals surface area contributed by atoms with Crippen molar-refractivity contribution in [1.29, 1.82) is 0 Å². The van der Waals surface area contributed by atoms with E-state index in [-0.39, 0.29) is 0 Å². The third-order valence-corrected chi connectivity index (χ3v) is 5.38. The number of nitrogens with one attached hydrogen (secondary N) is 6. The standard InChI is InChI=1S/C23H41N7O8/c1-11(19(33)27-13(3)21(35)29-15(5)23(37)38)25-18(32)12(2)26-20(34)14(4)28-22(36)17(30-16(6)31)9-7-8-10-24/h11-15,17H,7-10,24H2,1-6H3,(H,25,32)(H,26,34)(H,27,33)(H,28,36)(H,29,35)(H,30,31)(H,37,38)/t11-,12-,13-,14-,15-,17-/m0/s1. The molecule has 6 atom stereocenters. The molecule has 15 heteroatoms. The molecule has 0 bridgehead atoms. The van der Waals surface area contributed by atoms with Gasteiger partial charge in [-0.1, -0.05) is 0 Å². The minimum Gasteiger partial charge on any atom is -0.480 e. The zero-order chi connectivity index (χ0) is 29.6. The number of carbonyl (C=O) groups is 7. The molecule has 0 fully saturated rings. The van der Waals surface area contributed by atoms with Gasteiger partial charge in [0.2, 0.25) is 35.4 Å². The number of unbranched alkanes of at least 4 members (excludes halogenated alkanes) is 1. The van der Waals surface area contributed by atoms with Gasteiger partial charge < -0.3 is 42.7 Å². The lowest BCUT2D eigenvalue weighted by atomic mass is 10.1. The SMILES string of the molecule is CC(=O)N[C@@H](CCCCN)C(=O)N[C@@H](C)C(=O)N[C@@H](C)C(=O)N[C@@H](C)C(=O)N[C@@H](C)C(=O)N[C@@H](C)C(=O)O. The maximum atomic E-state index is 12.5. The molecule has 15 nitrogen and oxygen atoms in total. The highest BCUT2D eigenvalue weighted by atomic mass is 16.4. The number of amides is 6. The van der Waals surface area contributed by atoms with Crippen LogP contribution in [0, 0.1) is 0 Å². The van der Waals surface area contributed by atoms with Crippen molar-refractivity contribution in [2.24, 2.45) is 5.73 Å². The van der Waals surface area contributed by atoms with E-state index in [1.165, 1.54) is 41.5 Å². The van der Waals surface area contributed by atoms with Gasteiger partial charge in [0.1, 0.15) is 36.3 Å². The molecule has 0 aliphatic carbocycles. The van der Waals surface area contributed by atoms with E-state index in [1.54, 1.807) is 0 Å². The van der Waals surface area contributed by atoms with E-state index in [2.05, 4.69) is 31.9 Å². The fraction of sp³-hybridized carbons (Fsp3) is 0.696. The predicted octanol–water partition coefficient (Wildman–Crippen LogP) is -2.77. The molecule has 38 heavy (non-hydrogen) atoms. The lowest BCUT2D eigenvalue weighted by Crippen LogP contribution is -2.57. The minimum absolute atomic E-state index is 0.342. The average Bonchev–Trinajstić information content (AvgIpc) is 2.82. The van der Waals surface area contributed by atoms with E-state index in [9.17, 15) is 33.6 Å². The Morgan fingerprint density at radius 3 is 1.24 bits per heavy atom. The predicted molar refractivity (Wildman–Crippen MR) is 136 cm³/mol. The number of carboxylic acid groups (broad SMARTS) is 1. The third-order valence-electron chi connectivity index (χ3n) is 5.38. The number of carboxylic acids is 1. The number of rotatable bonds is 16. The smallest absolute Gasteiger partial charge is 0.325 e. The first kappa shape index (κ1) is 34.2. The van der Waals surface area contributed by atoms with E-state index in [0.29, 0.717) is 25.8 Å². The molecule has 0 aromatic rings. The van der Waals surface area contributed by atoms with Gasteiger partial charge in [0.15, 0.2) is 0 Å². The molecule has 9 N–H and O–H groups in total. The van der Waals surface area contributed by atoms with Gasteiger partial charge in [-0.3, -0.25) is 33.6 Å². The van der Waals surface area contributed by atoms with Crippen molar-refractivity contribution >= 4 is 41.4 Å². The molecule has 0 aromatic carbocycles. The second-order valence-corrected chi connectivity index (χ2v) is 9.03. The molecule has 216 valence electrons. The summed E-state index contributed by atoms with van der Waals surface area (Å²) in [6, 6.07) is -6.25. The zero-order valence-corrected chi connectivity index (χ0v) is 22.7. The minimum atomic E-state index is -1.24. The van der Waals surface area contributed by atoms with Gasteiger partial charge in [-0.2, -0.15) is 0 Å².